The molecule has 0 saturated heterocycles. The number of hydrogen-bond donors (Lipinski definition) is 2. The van der Waals surface area contributed by atoms with E-state index in [1.165, 1.54) is 12.6 Å². The van der Waals surface area contributed by atoms with Gasteiger partial charge >= 0.3 is 0 Å². The second-order valence-electron chi connectivity index (χ2n) is 5.10. The Morgan fingerprint density at radius 2 is 2.00 bits per heavy atom. The monoisotopic (exact) mass is 303 g/mol. The average Bonchev–Trinajstić information content (AvgIpc) is 2.50. The van der Waals surface area contributed by atoms with Crippen molar-refractivity contribution in [2.24, 2.45) is 0 Å². The molecule has 0 unspecified atom stereocenters. The van der Waals surface area contributed by atoms with Crippen molar-refractivity contribution >= 4 is 23.2 Å². The molecule has 1 saturated carbocycles. The summed E-state index contributed by atoms with van der Waals surface area (Å²) in [5, 5.41) is 15.5. The van der Waals surface area contributed by atoms with Gasteiger partial charge in [-0.15, -0.1) is 0 Å². The molecule has 2 rings (SSSR count). The van der Waals surface area contributed by atoms with Crippen LogP contribution in [-0.2, 0) is 4.79 Å². The van der Waals surface area contributed by atoms with Gasteiger partial charge in [0.1, 0.15) is 11.6 Å². The van der Waals surface area contributed by atoms with E-state index in [4.69, 9.17) is 16.9 Å². The summed E-state index contributed by atoms with van der Waals surface area (Å²) in [4.78, 5) is 12.1. The molecular weight excluding hydrogens is 286 g/mol. The van der Waals surface area contributed by atoms with E-state index in [-0.39, 0.29) is 17.5 Å². The summed E-state index contributed by atoms with van der Waals surface area (Å²) in [6.45, 7) is 0. The standard InChI is InChI=1S/C16H18ClN3O/c17-14-8-4-5-9-15(14)19-11-12(10-18)16(21)20-13-6-2-1-3-7-13/h4-5,8-9,11,13,19H,1-3,6-7H2,(H,20,21)/b12-11+. The van der Waals surface area contributed by atoms with Crippen LogP contribution in [0, 0.1) is 11.3 Å². The minimum atomic E-state index is -0.330. The Kier molecular flexibility index (Phi) is 5.65. The number of hydrogen-bond acceptors (Lipinski definition) is 3. The van der Waals surface area contributed by atoms with Crippen LogP contribution in [0.1, 0.15) is 32.1 Å². The maximum absolute atomic E-state index is 12.1. The molecule has 4 nitrogen and oxygen atoms in total. The molecule has 1 fully saturated rings. The van der Waals surface area contributed by atoms with Gasteiger partial charge in [-0.3, -0.25) is 4.79 Å². The molecule has 1 amide bonds. The van der Waals surface area contributed by atoms with E-state index in [1.807, 2.05) is 18.2 Å². The summed E-state index contributed by atoms with van der Waals surface area (Å²) in [6, 6.07) is 9.28. The number of carbonyl (C=O) groups is 1. The third-order valence-corrected chi connectivity index (χ3v) is 3.88. The topological polar surface area (TPSA) is 64.9 Å². The van der Waals surface area contributed by atoms with Gasteiger partial charge in [0.25, 0.3) is 5.91 Å². The molecule has 0 radical (unpaired) electrons. The van der Waals surface area contributed by atoms with Crippen molar-refractivity contribution in [2.75, 3.05) is 5.32 Å². The number of amides is 1. The maximum Gasteiger partial charge on any atom is 0.263 e. The average molecular weight is 304 g/mol. The molecule has 2 N–H and O–H groups in total. The summed E-state index contributed by atoms with van der Waals surface area (Å²) < 4.78 is 0. The number of rotatable bonds is 4. The van der Waals surface area contributed by atoms with E-state index in [0.717, 1.165) is 25.7 Å². The Labute approximate surface area is 129 Å². The zero-order chi connectivity index (χ0) is 15.1. The second kappa shape index (κ2) is 7.70. The molecule has 0 aromatic heterocycles. The molecule has 21 heavy (non-hydrogen) atoms. The fourth-order valence-electron chi connectivity index (χ4n) is 2.39. The van der Waals surface area contributed by atoms with Gasteiger partial charge < -0.3 is 10.6 Å². The lowest BCUT2D eigenvalue weighted by molar-refractivity contribution is -0.118. The van der Waals surface area contributed by atoms with Crippen LogP contribution >= 0.6 is 11.6 Å². The minimum Gasteiger partial charge on any atom is -0.359 e. The first kappa shape index (κ1) is 15.4. The molecule has 1 aliphatic rings. The fourth-order valence-corrected chi connectivity index (χ4v) is 2.58. The zero-order valence-corrected chi connectivity index (χ0v) is 12.5. The molecule has 0 heterocycles. The Hall–Kier alpha value is -1.99. The molecule has 0 atom stereocenters. The van der Waals surface area contributed by atoms with E-state index in [2.05, 4.69) is 10.6 Å². The quantitative estimate of drug-likeness (QED) is 0.659. The number of halogens is 1. The molecular formula is C16H18ClN3O. The summed E-state index contributed by atoms with van der Waals surface area (Å²) in [7, 11) is 0. The highest BCUT2D eigenvalue weighted by Crippen LogP contribution is 2.21. The number of anilines is 1. The first-order chi connectivity index (χ1) is 10.2. The Balaban J connectivity index is 1.98. The number of nitrogens with one attached hydrogen (secondary N) is 2. The first-order valence-corrected chi connectivity index (χ1v) is 7.50. The predicted molar refractivity (Wildman–Crippen MR) is 83.8 cm³/mol. The van der Waals surface area contributed by atoms with Gasteiger partial charge in [0.05, 0.1) is 10.7 Å². The van der Waals surface area contributed by atoms with E-state index in [1.54, 1.807) is 12.1 Å². The third kappa shape index (κ3) is 4.51. The number of para-hydroxylation sites is 1. The van der Waals surface area contributed by atoms with Crippen LogP contribution in [0.2, 0.25) is 5.02 Å². The van der Waals surface area contributed by atoms with Crippen molar-refractivity contribution in [3.8, 4) is 6.07 Å². The summed E-state index contributed by atoms with van der Waals surface area (Å²) in [6.07, 6.45) is 6.87. The highest BCUT2D eigenvalue weighted by atomic mass is 35.5. The lowest BCUT2D eigenvalue weighted by atomic mass is 9.95. The Morgan fingerprint density at radius 3 is 2.67 bits per heavy atom. The van der Waals surface area contributed by atoms with Crippen molar-refractivity contribution in [1.82, 2.24) is 5.32 Å². The normalized spacial score (nSPS) is 16.1. The van der Waals surface area contributed by atoms with Crippen LogP contribution in [0.15, 0.2) is 36.0 Å². The van der Waals surface area contributed by atoms with Gasteiger partial charge in [0.2, 0.25) is 0 Å². The third-order valence-electron chi connectivity index (χ3n) is 3.55. The van der Waals surface area contributed by atoms with E-state index in [0.29, 0.717) is 10.7 Å². The molecule has 110 valence electrons. The first-order valence-electron chi connectivity index (χ1n) is 7.13. The van der Waals surface area contributed by atoms with Crippen LogP contribution in [0.4, 0.5) is 5.69 Å². The van der Waals surface area contributed by atoms with Crippen molar-refractivity contribution in [3.63, 3.8) is 0 Å². The van der Waals surface area contributed by atoms with E-state index >= 15 is 0 Å². The van der Waals surface area contributed by atoms with Crippen molar-refractivity contribution in [2.45, 2.75) is 38.1 Å². The van der Waals surface area contributed by atoms with Crippen molar-refractivity contribution in [1.29, 1.82) is 5.26 Å². The highest BCUT2D eigenvalue weighted by molar-refractivity contribution is 6.33. The largest absolute Gasteiger partial charge is 0.359 e. The molecule has 5 heteroatoms. The van der Waals surface area contributed by atoms with Crippen LogP contribution in [0.5, 0.6) is 0 Å². The van der Waals surface area contributed by atoms with Crippen LogP contribution < -0.4 is 10.6 Å². The molecule has 1 aromatic rings. The number of nitriles is 1. The van der Waals surface area contributed by atoms with Crippen LogP contribution in [0.25, 0.3) is 0 Å². The number of benzene rings is 1. The predicted octanol–water partition coefficient (Wildman–Crippen LogP) is 3.61. The maximum atomic E-state index is 12.1. The molecule has 0 aliphatic heterocycles. The molecule has 1 aliphatic carbocycles. The van der Waals surface area contributed by atoms with Crippen LogP contribution in [0.3, 0.4) is 0 Å². The van der Waals surface area contributed by atoms with Gasteiger partial charge in [0.15, 0.2) is 0 Å². The summed E-state index contributed by atoms with van der Waals surface area (Å²) >= 11 is 6.01. The molecule has 1 aromatic carbocycles. The van der Waals surface area contributed by atoms with Crippen molar-refractivity contribution < 1.29 is 4.79 Å². The lowest BCUT2D eigenvalue weighted by Crippen LogP contribution is -2.37. The Morgan fingerprint density at radius 1 is 1.29 bits per heavy atom. The van der Waals surface area contributed by atoms with Gasteiger partial charge in [-0.1, -0.05) is 43.0 Å². The van der Waals surface area contributed by atoms with E-state index in [9.17, 15) is 4.79 Å². The van der Waals surface area contributed by atoms with Gasteiger partial charge in [-0.25, -0.2) is 0 Å². The number of nitrogens with zero attached hydrogens (tertiary/aromatic N) is 1. The SMILES string of the molecule is N#C/C(=C\Nc1ccccc1Cl)C(=O)NC1CCCCC1. The van der Waals surface area contributed by atoms with Crippen molar-refractivity contribution in [3.05, 3.63) is 41.1 Å². The minimum absolute atomic E-state index is 0.0560. The summed E-state index contributed by atoms with van der Waals surface area (Å²) in [5.41, 5.74) is 0.720. The van der Waals surface area contributed by atoms with Gasteiger partial charge in [-0.2, -0.15) is 5.26 Å². The van der Waals surface area contributed by atoms with Gasteiger partial charge in [0, 0.05) is 12.2 Å². The number of carbonyl (C=O) groups excluding carboxylic acids is 1. The Bertz CT molecular complexity index is 571. The lowest BCUT2D eigenvalue weighted by Gasteiger charge is -2.22. The second-order valence-corrected chi connectivity index (χ2v) is 5.51. The van der Waals surface area contributed by atoms with Gasteiger partial charge in [-0.05, 0) is 25.0 Å². The summed E-state index contributed by atoms with van der Waals surface area (Å²) in [5.74, 6) is -0.330. The molecule has 0 bridgehead atoms. The smallest absolute Gasteiger partial charge is 0.263 e. The molecule has 0 spiro atoms. The zero-order valence-electron chi connectivity index (χ0n) is 11.7. The highest BCUT2D eigenvalue weighted by Gasteiger charge is 2.17. The fraction of sp³-hybridized carbons (Fsp3) is 0.375. The van der Waals surface area contributed by atoms with E-state index < -0.39 is 0 Å². The van der Waals surface area contributed by atoms with Crippen LogP contribution in [-0.4, -0.2) is 11.9 Å².